The molecule has 3 fully saturated rings. The molecule has 3 aliphatic rings. The zero-order valence-electron chi connectivity index (χ0n) is 23.6. The van der Waals surface area contributed by atoms with Crippen molar-refractivity contribution in [2.24, 2.45) is 5.92 Å². The van der Waals surface area contributed by atoms with E-state index in [2.05, 4.69) is 21.9 Å². The number of nitrogens with one attached hydrogen (secondary N) is 3. The third-order valence-electron chi connectivity index (χ3n) is 7.13. The monoisotopic (exact) mass is 586 g/mol. The first-order valence-corrected chi connectivity index (χ1v) is 15.2. The van der Waals surface area contributed by atoms with Gasteiger partial charge in [-0.2, -0.15) is 0 Å². The number of nitrogens with zero attached hydrogens (tertiary/aromatic N) is 1. The molecule has 0 aromatic carbocycles. The molecule has 2 aliphatic carbocycles. The van der Waals surface area contributed by atoms with Crippen molar-refractivity contribution in [1.29, 1.82) is 0 Å². The van der Waals surface area contributed by atoms with E-state index in [4.69, 9.17) is 9.47 Å². The summed E-state index contributed by atoms with van der Waals surface area (Å²) in [6, 6.07) is -2.19. The molecule has 2 saturated carbocycles. The summed E-state index contributed by atoms with van der Waals surface area (Å²) in [6.45, 7) is 10.8. The Kier molecular flexibility index (Phi) is 9.89. The third-order valence-corrected chi connectivity index (χ3v) is 8.95. The molecule has 4 N–H and O–H groups in total. The van der Waals surface area contributed by atoms with Crippen molar-refractivity contribution in [2.45, 2.75) is 101 Å². The van der Waals surface area contributed by atoms with Crippen LogP contribution in [0.3, 0.4) is 0 Å². The van der Waals surface area contributed by atoms with Gasteiger partial charge in [0.25, 0.3) is 5.91 Å². The quantitative estimate of drug-likeness (QED) is 0.175. The van der Waals surface area contributed by atoms with E-state index in [9.17, 15) is 32.7 Å². The van der Waals surface area contributed by atoms with Gasteiger partial charge in [-0.3, -0.25) is 19.1 Å². The number of β-amino-alcohol motifs (C(OH)–C–C–N with tert-alkyl or cyclic N) is 1. The van der Waals surface area contributed by atoms with Crippen LogP contribution in [-0.4, -0.2) is 96.6 Å². The van der Waals surface area contributed by atoms with Gasteiger partial charge in [-0.15, -0.1) is 6.58 Å². The summed E-state index contributed by atoms with van der Waals surface area (Å²) in [6.07, 6.45) is 1.48. The molecular formula is C26H42N4O9S. The molecule has 0 aromatic heterocycles. The second kappa shape index (κ2) is 12.4. The zero-order chi connectivity index (χ0) is 29.9. The fraction of sp³-hybridized carbons (Fsp3) is 0.769. The Morgan fingerprint density at radius 2 is 1.88 bits per heavy atom. The van der Waals surface area contributed by atoms with E-state index in [0.29, 0.717) is 32.5 Å². The van der Waals surface area contributed by atoms with E-state index >= 15 is 0 Å². The van der Waals surface area contributed by atoms with E-state index in [1.54, 1.807) is 33.8 Å². The highest BCUT2D eigenvalue weighted by Gasteiger charge is 2.60. The number of aliphatic hydroxyl groups is 1. The fourth-order valence-electron chi connectivity index (χ4n) is 4.73. The standard InChI is InChI=1S/C26H42N4O9S/c1-6-11-38-12-7-8-19(27-24(35)39-25(3,4)5)22(33)30-15-17(31)13-20(30)21(32)28-26(14-16(26)2)23(34)29-40(36,37)18-9-10-18/h6,16-20,31H,1,7-15H2,2-5H3,(H,27,35)(H,28,32)(H,29,34)/t16-,17-,19+,20+,26-/m1/s1. The van der Waals surface area contributed by atoms with Crippen LogP contribution in [0.15, 0.2) is 12.7 Å². The summed E-state index contributed by atoms with van der Waals surface area (Å²) < 4.78 is 37.4. The van der Waals surface area contributed by atoms with Gasteiger partial charge in [-0.05, 0) is 58.8 Å². The van der Waals surface area contributed by atoms with E-state index in [-0.39, 0.29) is 31.7 Å². The van der Waals surface area contributed by atoms with E-state index in [0.717, 1.165) is 0 Å². The van der Waals surface area contributed by atoms with Crippen molar-refractivity contribution in [2.75, 3.05) is 19.8 Å². The van der Waals surface area contributed by atoms with Crippen LogP contribution in [0.1, 0.15) is 66.2 Å². The normalized spacial score (nSPS) is 26.9. The molecule has 1 heterocycles. The number of alkyl carbamates (subject to hydrolysis) is 1. The van der Waals surface area contributed by atoms with Gasteiger partial charge in [0.2, 0.25) is 21.8 Å². The van der Waals surface area contributed by atoms with Crippen LogP contribution in [0.5, 0.6) is 0 Å². The largest absolute Gasteiger partial charge is 0.444 e. The summed E-state index contributed by atoms with van der Waals surface area (Å²) in [7, 11) is -3.81. The Morgan fingerprint density at radius 3 is 2.42 bits per heavy atom. The van der Waals surface area contributed by atoms with Crippen LogP contribution in [0.2, 0.25) is 0 Å². The van der Waals surface area contributed by atoms with Crippen molar-refractivity contribution in [3.63, 3.8) is 0 Å². The fourth-order valence-corrected chi connectivity index (χ4v) is 6.09. The van der Waals surface area contributed by atoms with Crippen LogP contribution >= 0.6 is 0 Å². The molecule has 226 valence electrons. The molecule has 0 bridgehead atoms. The molecule has 0 unspecified atom stereocenters. The molecule has 1 aliphatic heterocycles. The summed E-state index contributed by atoms with van der Waals surface area (Å²) >= 11 is 0. The second-order valence-corrected chi connectivity index (χ2v) is 13.8. The lowest BCUT2D eigenvalue weighted by Crippen LogP contribution is -2.58. The lowest BCUT2D eigenvalue weighted by molar-refractivity contribution is -0.141. The molecule has 3 rings (SSSR count). The summed E-state index contributed by atoms with van der Waals surface area (Å²) in [5, 5.41) is 15.0. The van der Waals surface area contributed by atoms with Gasteiger partial charge in [0.15, 0.2) is 0 Å². The highest BCUT2D eigenvalue weighted by atomic mass is 32.2. The molecule has 40 heavy (non-hydrogen) atoms. The summed E-state index contributed by atoms with van der Waals surface area (Å²) in [5.74, 6) is -2.40. The van der Waals surface area contributed by atoms with Gasteiger partial charge in [0.1, 0.15) is 23.2 Å². The number of rotatable bonds is 13. The predicted molar refractivity (Wildman–Crippen MR) is 144 cm³/mol. The number of amides is 4. The topological polar surface area (TPSA) is 180 Å². The molecule has 14 heteroatoms. The minimum atomic E-state index is -3.81. The summed E-state index contributed by atoms with van der Waals surface area (Å²) in [5.41, 5.74) is -2.22. The molecule has 0 aromatic rings. The lowest BCUT2D eigenvalue weighted by Gasteiger charge is -2.30. The molecular weight excluding hydrogens is 544 g/mol. The zero-order valence-corrected chi connectivity index (χ0v) is 24.4. The average molecular weight is 587 g/mol. The maximum atomic E-state index is 13.6. The number of carbonyl (C=O) groups is 4. The molecule has 5 atom stereocenters. The Labute approximate surface area is 235 Å². The molecule has 1 saturated heterocycles. The Morgan fingerprint density at radius 1 is 1.23 bits per heavy atom. The molecule has 0 radical (unpaired) electrons. The number of ether oxygens (including phenoxy) is 2. The SMILES string of the molecule is C=CCOCCC[C@H](NC(=O)OC(C)(C)C)C(=O)N1C[C@H](O)C[C@H]1C(=O)N[C@]1(C(=O)NS(=O)(=O)C2CC2)C[C@H]1C. The van der Waals surface area contributed by atoms with Crippen molar-refractivity contribution < 1.29 is 42.2 Å². The van der Waals surface area contributed by atoms with Crippen LogP contribution in [0.4, 0.5) is 4.79 Å². The van der Waals surface area contributed by atoms with Gasteiger partial charge in [0, 0.05) is 19.6 Å². The Hall–Kier alpha value is -2.71. The molecule has 0 spiro atoms. The maximum Gasteiger partial charge on any atom is 0.408 e. The first-order valence-electron chi connectivity index (χ1n) is 13.6. The predicted octanol–water partition coefficient (Wildman–Crippen LogP) is 0.328. The van der Waals surface area contributed by atoms with E-state index < -0.39 is 68.4 Å². The van der Waals surface area contributed by atoms with Gasteiger partial charge < -0.3 is 30.1 Å². The van der Waals surface area contributed by atoms with Crippen LogP contribution in [0, 0.1) is 5.92 Å². The highest BCUT2D eigenvalue weighted by molar-refractivity contribution is 7.91. The van der Waals surface area contributed by atoms with Crippen LogP contribution in [0.25, 0.3) is 0 Å². The maximum absolute atomic E-state index is 13.6. The van der Waals surface area contributed by atoms with Gasteiger partial charge >= 0.3 is 6.09 Å². The van der Waals surface area contributed by atoms with E-state index in [1.807, 2.05) is 0 Å². The second-order valence-electron chi connectivity index (χ2n) is 11.8. The Balaban J connectivity index is 1.72. The van der Waals surface area contributed by atoms with Crippen molar-refractivity contribution >= 4 is 33.8 Å². The number of aliphatic hydroxyl groups excluding tert-OH is 1. The highest BCUT2D eigenvalue weighted by Crippen LogP contribution is 2.44. The van der Waals surface area contributed by atoms with Crippen LogP contribution in [-0.2, 0) is 33.9 Å². The summed E-state index contributed by atoms with van der Waals surface area (Å²) in [4.78, 5) is 53.7. The van der Waals surface area contributed by atoms with Gasteiger partial charge in [-0.25, -0.2) is 13.2 Å². The minimum absolute atomic E-state index is 0.0777. The van der Waals surface area contributed by atoms with Crippen LogP contribution < -0.4 is 15.4 Å². The number of hydrogen-bond acceptors (Lipinski definition) is 9. The lowest BCUT2D eigenvalue weighted by atomic mass is 10.1. The molecule has 13 nitrogen and oxygen atoms in total. The Bertz CT molecular complexity index is 1100. The third kappa shape index (κ3) is 8.16. The average Bonchev–Trinajstić information content (AvgIpc) is 3.75. The number of hydrogen-bond donors (Lipinski definition) is 4. The number of carbonyl (C=O) groups excluding carboxylic acids is 4. The minimum Gasteiger partial charge on any atom is -0.444 e. The number of likely N-dealkylation sites (tertiary alicyclic amines) is 1. The smallest absolute Gasteiger partial charge is 0.408 e. The van der Waals surface area contributed by atoms with Gasteiger partial charge in [0.05, 0.1) is 18.0 Å². The van der Waals surface area contributed by atoms with Crippen molar-refractivity contribution in [3.05, 3.63) is 12.7 Å². The van der Waals surface area contributed by atoms with Crippen molar-refractivity contribution in [1.82, 2.24) is 20.3 Å². The van der Waals surface area contributed by atoms with Crippen molar-refractivity contribution in [3.8, 4) is 0 Å². The first kappa shape index (κ1) is 31.8. The first-order chi connectivity index (χ1) is 18.6. The van der Waals surface area contributed by atoms with Gasteiger partial charge in [-0.1, -0.05) is 13.0 Å². The van der Waals surface area contributed by atoms with E-state index in [1.165, 1.54) is 4.90 Å². The molecule has 4 amide bonds. The number of sulfonamides is 1.